The molecule has 0 saturated carbocycles. The Hall–Kier alpha value is -2.15. The van der Waals surface area contributed by atoms with Crippen LogP contribution in [-0.4, -0.2) is 24.9 Å². The highest BCUT2D eigenvalue weighted by molar-refractivity contribution is 7.98. The summed E-state index contributed by atoms with van der Waals surface area (Å²) in [7, 11) is 0. The number of nitrogens with zero attached hydrogens (tertiary/aromatic N) is 5. The van der Waals surface area contributed by atoms with Crippen molar-refractivity contribution in [2.75, 3.05) is 0 Å². The van der Waals surface area contributed by atoms with Gasteiger partial charge < -0.3 is 4.52 Å². The van der Waals surface area contributed by atoms with E-state index in [1.807, 2.05) is 16.7 Å². The van der Waals surface area contributed by atoms with Gasteiger partial charge in [0.2, 0.25) is 5.89 Å². The third-order valence-corrected chi connectivity index (χ3v) is 4.25. The Morgan fingerprint density at radius 1 is 1.26 bits per heavy atom. The number of aryl methyl sites for hydroxylation is 1. The third kappa shape index (κ3) is 3.79. The minimum Gasteiger partial charge on any atom is -0.338 e. The van der Waals surface area contributed by atoms with Crippen molar-refractivity contribution in [1.82, 2.24) is 24.9 Å². The van der Waals surface area contributed by atoms with E-state index in [0.717, 1.165) is 23.1 Å². The first-order valence-electron chi connectivity index (χ1n) is 7.53. The van der Waals surface area contributed by atoms with Crippen LogP contribution >= 0.6 is 11.8 Å². The van der Waals surface area contributed by atoms with Gasteiger partial charge >= 0.3 is 0 Å². The highest BCUT2D eigenvalue weighted by Gasteiger charge is 2.12. The molecule has 0 bridgehead atoms. The molecule has 0 spiro atoms. The molecule has 7 heteroatoms. The van der Waals surface area contributed by atoms with E-state index >= 15 is 0 Å². The van der Waals surface area contributed by atoms with Crippen LogP contribution in [0.2, 0.25) is 0 Å². The van der Waals surface area contributed by atoms with Crippen LogP contribution in [-0.2, 0) is 12.2 Å². The molecule has 3 aromatic rings. The Bertz CT molecular complexity index is 780. The topological polar surface area (TPSA) is 69.6 Å². The van der Waals surface area contributed by atoms with Crippen molar-refractivity contribution >= 4 is 11.8 Å². The maximum absolute atomic E-state index is 5.29. The van der Waals surface area contributed by atoms with Gasteiger partial charge in [-0.25, -0.2) is 0 Å². The lowest BCUT2D eigenvalue weighted by Crippen LogP contribution is -1.98. The van der Waals surface area contributed by atoms with Crippen LogP contribution in [0.3, 0.4) is 0 Å². The Morgan fingerprint density at radius 3 is 2.87 bits per heavy atom. The zero-order valence-electron chi connectivity index (χ0n) is 13.4. The third-order valence-electron chi connectivity index (χ3n) is 3.32. The van der Waals surface area contributed by atoms with Crippen LogP contribution in [0.1, 0.15) is 31.1 Å². The molecular weight excluding hydrogens is 310 g/mol. The molecule has 0 atom stereocenters. The van der Waals surface area contributed by atoms with E-state index in [1.165, 1.54) is 17.3 Å². The lowest BCUT2D eigenvalue weighted by Gasteiger charge is -2.08. The summed E-state index contributed by atoms with van der Waals surface area (Å²) in [6, 6.07) is 8.15. The summed E-state index contributed by atoms with van der Waals surface area (Å²) < 4.78 is 7.27. The van der Waals surface area contributed by atoms with E-state index < -0.39 is 0 Å². The van der Waals surface area contributed by atoms with Crippen LogP contribution < -0.4 is 0 Å². The maximum atomic E-state index is 5.29. The smallest absolute Gasteiger partial charge is 0.237 e. The second-order valence-corrected chi connectivity index (χ2v) is 6.70. The fraction of sp³-hybridized carbons (Fsp3) is 0.375. The van der Waals surface area contributed by atoms with E-state index in [1.54, 1.807) is 6.33 Å². The van der Waals surface area contributed by atoms with E-state index in [2.05, 4.69) is 53.2 Å². The number of thioether (sulfide) groups is 1. The zero-order chi connectivity index (χ0) is 16.2. The summed E-state index contributed by atoms with van der Waals surface area (Å²) in [5.74, 6) is 2.47. The van der Waals surface area contributed by atoms with Crippen molar-refractivity contribution in [2.45, 2.75) is 38.1 Å². The van der Waals surface area contributed by atoms with Gasteiger partial charge in [-0.05, 0) is 24.5 Å². The van der Waals surface area contributed by atoms with Gasteiger partial charge in [-0.2, -0.15) is 4.98 Å². The second-order valence-electron chi connectivity index (χ2n) is 5.76. The Kier molecular flexibility index (Phi) is 4.76. The van der Waals surface area contributed by atoms with Crippen LogP contribution in [0, 0.1) is 12.8 Å². The normalized spacial score (nSPS) is 11.3. The molecule has 2 aromatic heterocycles. The summed E-state index contributed by atoms with van der Waals surface area (Å²) in [4.78, 5) is 4.41. The summed E-state index contributed by atoms with van der Waals surface area (Å²) in [6.07, 6.45) is 2.55. The van der Waals surface area contributed by atoms with Gasteiger partial charge in [0.25, 0.3) is 0 Å². The van der Waals surface area contributed by atoms with Crippen molar-refractivity contribution in [3.05, 3.63) is 47.9 Å². The molecule has 1 aromatic carbocycles. The summed E-state index contributed by atoms with van der Waals surface area (Å²) in [5.41, 5.74) is 2.25. The minimum absolute atomic E-state index is 0.511. The fourth-order valence-electron chi connectivity index (χ4n) is 2.24. The van der Waals surface area contributed by atoms with E-state index in [4.69, 9.17) is 4.52 Å². The molecule has 6 nitrogen and oxygen atoms in total. The lowest BCUT2D eigenvalue weighted by molar-refractivity contribution is 0.382. The van der Waals surface area contributed by atoms with Crippen molar-refractivity contribution in [2.24, 2.45) is 5.92 Å². The maximum Gasteiger partial charge on any atom is 0.237 e. The molecule has 0 N–H and O–H groups in total. The number of hydrogen-bond donors (Lipinski definition) is 0. The molecule has 0 aliphatic carbocycles. The molecule has 0 radical (unpaired) electrons. The van der Waals surface area contributed by atoms with Crippen LogP contribution in [0.4, 0.5) is 0 Å². The highest BCUT2D eigenvalue weighted by Crippen LogP contribution is 2.24. The van der Waals surface area contributed by atoms with Crippen molar-refractivity contribution in [1.29, 1.82) is 0 Å². The Balaban J connectivity index is 1.71. The Labute approximate surface area is 139 Å². The van der Waals surface area contributed by atoms with Gasteiger partial charge in [0.1, 0.15) is 6.33 Å². The predicted molar refractivity (Wildman–Crippen MR) is 88.5 cm³/mol. The summed E-state index contributed by atoms with van der Waals surface area (Å²) in [6.45, 7) is 6.34. The van der Waals surface area contributed by atoms with Gasteiger partial charge in [-0.3, -0.25) is 4.57 Å². The quantitative estimate of drug-likeness (QED) is 0.645. The lowest BCUT2D eigenvalue weighted by atomic mass is 10.1. The van der Waals surface area contributed by atoms with Crippen molar-refractivity contribution in [3.8, 4) is 5.69 Å². The van der Waals surface area contributed by atoms with Crippen molar-refractivity contribution < 1.29 is 4.52 Å². The van der Waals surface area contributed by atoms with Gasteiger partial charge in [-0.1, -0.05) is 49.0 Å². The Morgan fingerprint density at radius 2 is 2.09 bits per heavy atom. The van der Waals surface area contributed by atoms with Crippen LogP contribution in [0.5, 0.6) is 0 Å². The number of para-hydroxylation sites is 1. The molecule has 2 heterocycles. The number of aromatic nitrogens is 5. The number of rotatable bonds is 6. The first-order valence-corrected chi connectivity index (χ1v) is 8.52. The highest BCUT2D eigenvalue weighted by atomic mass is 32.2. The molecule has 0 fully saturated rings. The summed E-state index contributed by atoms with van der Waals surface area (Å²) >= 11 is 1.54. The minimum atomic E-state index is 0.511. The molecule has 0 amide bonds. The average Bonchev–Trinajstić information content (AvgIpc) is 3.14. The first-order chi connectivity index (χ1) is 11.1. The van der Waals surface area contributed by atoms with Crippen LogP contribution in [0.25, 0.3) is 5.69 Å². The largest absolute Gasteiger partial charge is 0.338 e. The number of hydrogen-bond acceptors (Lipinski definition) is 6. The number of benzene rings is 1. The summed E-state index contributed by atoms with van der Waals surface area (Å²) in [5, 5.41) is 13.0. The zero-order valence-corrected chi connectivity index (χ0v) is 14.2. The van der Waals surface area contributed by atoms with Gasteiger partial charge in [-0.15, -0.1) is 10.2 Å². The molecule has 0 unspecified atom stereocenters. The molecule has 0 aliphatic rings. The predicted octanol–water partition coefficient (Wildman–Crippen LogP) is 3.45. The molecular formula is C16H19N5OS. The SMILES string of the molecule is Cc1ccccc1-n1cnnc1SCc1nc(CC(C)C)no1. The molecule has 23 heavy (non-hydrogen) atoms. The van der Waals surface area contributed by atoms with E-state index in [9.17, 15) is 0 Å². The fourth-order valence-corrected chi connectivity index (χ4v) is 3.00. The van der Waals surface area contributed by atoms with E-state index in [-0.39, 0.29) is 0 Å². The van der Waals surface area contributed by atoms with Gasteiger partial charge in [0.15, 0.2) is 11.0 Å². The van der Waals surface area contributed by atoms with Crippen molar-refractivity contribution in [3.63, 3.8) is 0 Å². The van der Waals surface area contributed by atoms with Crippen LogP contribution in [0.15, 0.2) is 40.3 Å². The van der Waals surface area contributed by atoms with E-state index in [0.29, 0.717) is 17.6 Å². The average molecular weight is 329 g/mol. The standard InChI is InChI=1S/C16H19N5OS/c1-11(2)8-14-18-15(22-20-14)9-23-16-19-17-10-21(16)13-7-5-4-6-12(13)3/h4-7,10-11H,8-9H2,1-3H3. The molecule has 120 valence electrons. The monoisotopic (exact) mass is 329 g/mol. The molecule has 3 rings (SSSR count). The van der Waals surface area contributed by atoms with Gasteiger partial charge in [0.05, 0.1) is 11.4 Å². The molecule has 0 aliphatic heterocycles. The van der Waals surface area contributed by atoms with Gasteiger partial charge in [0, 0.05) is 6.42 Å². The first kappa shape index (κ1) is 15.7. The molecule has 0 saturated heterocycles. The second kappa shape index (κ2) is 6.95.